The smallest absolute Gasteiger partial charge is 0.250 e. The molecule has 0 saturated carbocycles. The normalized spacial score (nSPS) is 10.8. The quantitative estimate of drug-likeness (QED) is 0.764. The largest absolute Gasteiger partial charge is 0.312 e. The number of pyridine rings is 1. The Balaban J connectivity index is 2.06. The van der Waals surface area contributed by atoms with Crippen LogP contribution in [0.2, 0.25) is 0 Å². The molecule has 2 nitrogen and oxygen atoms in total. The third-order valence-electron chi connectivity index (χ3n) is 2.31. The molecule has 0 spiro atoms. The highest BCUT2D eigenvalue weighted by molar-refractivity contribution is 5.48. The third kappa shape index (κ3) is 2.70. The minimum Gasteiger partial charge on any atom is -0.312 e. The Bertz CT molecular complexity index is 526. The minimum atomic E-state index is 0.0280. The van der Waals surface area contributed by atoms with Crippen LogP contribution in [0.1, 0.15) is 5.56 Å². The van der Waals surface area contributed by atoms with Crippen molar-refractivity contribution in [2.45, 2.75) is 6.54 Å². The van der Waals surface area contributed by atoms with Crippen LogP contribution in [0.25, 0.3) is 6.08 Å². The fraction of sp³-hybridized carbons (Fsp3) is 0.0714. The van der Waals surface area contributed by atoms with Gasteiger partial charge >= 0.3 is 0 Å². The Morgan fingerprint density at radius 3 is 2.50 bits per heavy atom. The van der Waals surface area contributed by atoms with Crippen LogP contribution in [0.4, 0.5) is 0 Å². The molecule has 0 unspecified atom stereocenters. The molecule has 0 N–H and O–H groups in total. The van der Waals surface area contributed by atoms with Crippen molar-refractivity contribution < 1.29 is 0 Å². The number of nitrogens with zero attached hydrogens (tertiary/aromatic N) is 1. The number of benzene rings is 1. The van der Waals surface area contributed by atoms with Gasteiger partial charge in [-0.05, 0) is 11.6 Å². The summed E-state index contributed by atoms with van der Waals surface area (Å²) in [5, 5.41) is 0. The molecule has 16 heavy (non-hydrogen) atoms. The third-order valence-corrected chi connectivity index (χ3v) is 2.31. The maximum absolute atomic E-state index is 11.4. The van der Waals surface area contributed by atoms with Gasteiger partial charge in [-0.25, -0.2) is 0 Å². The summed E-state index contributed by atoms with van der Waals surface area (Å²) in [6.07, 6.45) is 5.79. The summed E-state index contributed by atoms with van der Waals surface area (Å²) in [5.41, 5.74) is 1.17. The monoisotopic (exact) mass is 211 g/mol. The zero-order chi connectivity index (χ0) is 11.2. The van der Waals surface area contributed by atoms with E-state index in [1.54, 1.807) is 22.9 Å². The van der Waals surface area contributed by atoms with Gasteiger partial charge in [-0.3, -0.25) is 4.79 Å². The number of allylic oxidation sites excluding steroid dienone is 1. The first-order chi connectivity index (χ1) is 7.86. The maximum atomic E-state index is 11.4. The molecule has 2 rings (SSSR count). The van der Waals surface area contributed by atoms with E-state index in [1.807, 2.05) is 48.6 Å². The lowest BCUT2D eigenvalue weighted by Crippen LogP contribution is -2.16. The van der Waals surface area contributed by atoms with Crippen molar-refractivity contribution in [3.8, 4) is 0 Å². The van der Waals surface area contributed by atoms with E-state index >= 15 is 0 Å². The molecule has 1 aromatic heterocycles. The van der Waals surface area contributed by atoms with Crippen molar-refractivity contribution in [3.63, 3.8) is 0 Å². The van der Waals surface area contributed by atoms with Crippen LogP contribution in [0.5, 0.6) is 0 Å². The maximum Gasteiger partial charge on any atom is 0.250 e. The highest BCUT2D eigenvalue weighted by Gasteiger charge is 1.89. The molecular weight excluding hydrogens is 198 g/mol. The highest BCUT2D eigenvalue weighted by Crippen LogP contribution is 2.00. The van der Waals surface area contributed by atoms with Crippen molar-refractivity contribution in [1.82, 2.24) is 4.57 Å². The molecule has 0 bridgehead atoms. The molecular formula is C14H13NO. The van der Waals surface area contributed by atoms with Gasteiger partial charge in [0.25, 0.3) is 5.56 Å². The lowest BCUT2D eigenvalue weighted by Gasteiger charge is -1.99. The van der Waals surface area contributed by atoms with Crippen molar-refractivity contribution in [3.05, 3.63) is 76.7 Å². The SMILES string of the molecule is O=c1ccccn1C/C=C/c1ccccc1. The molecule has 1 heterocycles. The second-order valence-corrected chi connectivity index (χ2v) is 3.50. The van der Waals surface area contributed by atoms with E-state index in [2.05, 4.69) is 0 Å². The van der Waals surface area contributed by atoms with Crippen LogP contribution in [-0.4, -0.2) is 4.57 Å². The summed E-state index contributed by atoms with van der Waals surface area (Å²) in [6.45, 7) is 0.606. The van der Waals surface area contributed by atoms with Crippen molar-refractivity contribution in [1.29, 1.82) is 0 Å². The van der Waals surface area contributed by atoms with Gasteiger partial charge in [0.1, 0.15) is 0 Å². The van der Waals surface area contributed by atoms with Crippen LogP contribution in [0.15, 0.2) is 65.6 Å². The minimum absolute atomic E-state index is 0.0280. The Labute approximate surface area is 94.5 Å². The Kier molecular flexibility index (Phi) is 3.34. The van der Waals surface area contributed by atoms with Gasteiger partial charge in [0.15, 0.2) is 0 Å². The molecule has 80 valence electrons. The van der Waals surface area contributed by atoms with Gasteiger partial charge in [-0.2, -0.15) is 0 Å². The first kappa shape index (κ1) is 10.4. The summed E-state index contributed by atoms with van der Waals surface area (Å²) < 4.78 is 1.67. The summed E-state index contributed by atoms with van der Waals surface area (Å²) in [6, 6.07) is 15.2. The molecule has 1 aromatic carbocycles. The predicted octanol–water partition coefficient (Wildman–Crippen LogP) is 2.56. The van der Waals surface area contributed by atoms with Crippen molar-refractivity contribution >= 4 is 6.08 Å². The zero-order valence-corrected chi connectivity index (χ0v) is 8.91. The summed E-state index contributed by atoms with van der Waals surface area (Å²) in [5.74, 6) is 0. The fourth-order valence-corrected chi connectivity index (χ4v) is 1.48. The molecule has 0 amide bonds. The van der Waals surface area contributed by atoms with E-state index in [0.29, 0.717) is 6.54 Å². The first-order valence-corrected chi connectivity index (χ1v) is 5.23. The van der Waals surface area contributed by atoms with Gasteiger partial charge < -0.3 is 4.57 Å². The van der Waals surface area contributed by atoms with Crippen LogP contribution in [-0.2, 0) is 6.54 Å². The molecule has 0 fully saturated rings. The lowest BCUT2D eigenvalue weighted by molar-refractivity contribution is 0.781. The number of aromatic nitrogens is 1. The molecule has 2 aromatic rings. The standard InChI is InChI=1S/C14H13NO/c16-14-10-4-5-11-15(14)12-6-9-13-7-2-1-3-8-13/h1-11H,12H2/b9-6+. The Morgan fingerprint density at radius 2 is 1.75 bits per heavy atom. The number of hydrogen-bond donors (Lipinski definition) is 0. The molecule has 2 heteroatoms. The van der Waals surface area contributed by atoms with E-state index < -0.39 is 0 Å². The van der Waals surface area contributed by atoms with Crippen molar-refractivity contribution in [2.75, 3.05) is 0 Å². The van der Waals surface area contributed by atoms with Crippen LogP contribution < -0.4 is 5.56 Å². The zero-order valence-electron chi connectivity index (χ0n) is 8.91. The second-order valence-electron chi connectivity index (χ2n) is 3.50. The van der Waals surface area contributed by atoms with Gasteiger partial charge in [0, 0.05) is 18.8 Å². The van der Waals surface area contributed by atoms with Crippen LogP contribution in [0, 0.1) is 0 Å². The lowest BCUT2D eigenvalue weighted by atomic mass is 10.2. The fourth-order valence-electron chi connectivity index (χ4n) is 1.48. The molecule has 0 aliphatic rings. The van der Waals surface area contributed by atoms with Crippen LogP contribution >= 0.6 is 0 Å². The van der Waals surface area contributed by atoms with E-state index in [4.69, 9.17) is 0 Å². The molecule has 0 saturated heterocycles. The topological polar surface area (TPSA) is 22.0 Å². The van der Waals surface area contributed by atoms with Gasteiger partial charge in [0.05, 0.1) is 0 Å². The first-order valence-electron chi connectivity index (χ1n) is 5.23. The average Bonchev–Trinajstić information content (AvgIpc) is 2.33. The second kappa shape index (κ2) is 5.12. The Morgan fingerprint density at radius 1 is 1.00 bits per heavy atom. The predicted molar refractivity (Wildman–Crippen MR) is 66.2 cm³/mol. The van der Waals surface area contributed by atoms with Gasteiger partial charge in [-0.15, -0.1) is 0 Å². The summed E-state index contributed by atoms with van der Waals surface area (Å²) in [7, 11) is 0. The van der Waals surface area contributed by atoms with Crippen LogP contribution in [0.3, 0.4) is 0 Å². The number of hydrogen-bond acceptors (Lipinski definition) is 1. The molecule has 0 atom stereocenters. The summed E-state index contributed by atoms with van der Waals surface area (Å²) in [4.78, 5) is 11.4. The average molecular weight is 211 g/mol. The summed E-state index contributed by atoms with van der Waals surface area (Å²) >= 11 is 0. The molecule has 0 aliphatic heterocycles. The van der Waals surface area contributed by atoms with Crippen molar-refractivity contribution in [2.24, 2.45) is 0 Å². The number of rotatable bonds is 3. The Hall–Kier alpha value is -2.09. The van der Waals surface area contributed by atoms with E-state index in [9.17, 15) is 4.79 Å². The van der Waals surface area contributed by atoms with Gasteiger partial charge in [0.2, 0.25) is 0 Å². The van der Waals surface area contributed by atoms with E-state index in [0.717, 1.165) is 5.56 Å². The van der Waals surface area contributed by atoms with E-state index in [1.165, 1.54) is 0 Å². The van der Waals surface area contributed by atoms with Gasteiger partial charge in [-0.1, -0.05) is 48.6 Å². The highest BCUT2D eigenvalue weighted by atomic mass is 16.1. The van der Waals surface area contributed by atoms with E-state index in [-0.39, 0.29) is 5.56 Å². The molecule has 0 radical (unpaired) electrons. The molecule has 0 aliphatic carbocycles.